The average molecular weight is 295 g/mol. The second-order valence-electron chi connectivity index (χ2n) is 6.36. The second-order valence-corrected chi connectivity index (χ2v) is 6.76. The zero-order chi connectivity index (χ0) is 14.5. The maximum absolute atomic E-state index is 6.31. The molecule has 0 amide bonds. The van der Waals surface area contributed by atoms with Crippen LogP contribution in [0, 0.1) is 11.8 Å². The lowest BCUT2D eigenvalue weighted by Gasteiger charge is -2.35. The van der Waals surface area contributed by atoms with Crippen LogP contribution in [0.5, 0.6) is 0 Å². The molecule has 1 N–H and O–H groups in total. The average Bonchev–Trinajstić information content (AvgIpc) is 2.40. The molecule has 1 heterocycles. The Labute approximate surface area is 128 Å². The highest BCUT2D eigenvalue weighted by Crippen LogP contribution is 2.26. The molecule has 2 nitrogen and oxygen atoms in total. The summed E-state index contributed by atoms with van der Waals surface area (Å²) >= 11 is 6.31. The van der Waals surface area contributed by atoms with E-state index < -0.39 is 0 Å². The summed E-state index contributed by atoms with van der Waals surface area (Å²) in [6.45, 7) is 8.36. The minimum absolute atomic E-state index is 0.344. The number of halogens is 1. The number of rotatable bonds is 5. The fourth-order valence-corrected chi connectivity index (χ4v) is 3.77. The van der Waals surface area contributed by atoms with Crippen LogP contribution in [-0.4, -0.2) is 31.6 Å². The summed E-state index contributed by atoms with van der Waals surface area (Å²) in [5, 5.41) is 4.28. The molecule has 0 aromatic heterocycles. The van der Waals surface area contributed by atoms with Crippen LogP contribution in [-0.2, 0) is 0 Å². The second kappa shape index (κ2) is 7.44. The van der Waals surface area contributed by atoms with Gasteiger partial charge in [0.05, 0.1) is 0 Å². The van der Waals surface area contributed by atoms with Crippen molar-refractivity contribution in [1.29, 1.82) is 0 Å². The van der Waals surface area contributed by atoms with Crippen LogP contribution in [0.25, 0.3) is 0 Å². The van der Waals surface area contributed by atoms with E-state index in [9.17, 15) is 0 Å². The quantitative estimate of drug-likeness (QED) is 0.884. The molecule has 3 heteroatoms. The van der Waals surface area contributed by atoms with Crippen molar-refractivity contribution in [3.05, 3.63) is 34.9 Å². The Bertz CT molecular complexity index is 411. The van der Waals surface area contributed by atoms with E-state index in [1.165, 1.54) is 25.1 Å². The lowest BCUT2D eigenvalue weighted by atomic mass is 9.91. The molecule has 0 aliphatic carbocycles. The van der Waals surface area contributed by atoms with Gasteiger partial charge in [0.25, 0.3) is 0 Å². The van der Waals surface area contributed by atoms with E-state index in [0.29, 0.717) is 6.04 Å². The first-order valence-corrected chi connectivity index (χ1v) is 8.12. The third kappa shape index (κ3) is 4.21. The van der Waals surface area contributed by atoms with Gasteiger partial charge < -0.3 is 10.2 Å². The van der Waals surface area contributed by atoms with Gasteiger partial charge in [0.1, 0.15) is 0 Å². The molecule has 0 radical (unpaired) electrons. The number of hydrogen-bond acceptors (Lipinski definition) is 2. The lowest BCUT2D eigenvalue weighted by Crippen LogP contribution is -2.40. The summed E-state index contributed by atoms with van der Waals surface area (Å²) in [6, 6.07) is 8.51. The Morgan fingerprint density at radius 1 is 1.25 bits per heavy atom. The maximum Gasteiger partial charge on any atom is 0.0453 e. The van der Waals surface area contributed by atoms with Gasteiger partial charge in [-0.05, 0) is 49.9 Å². The van der Waals surface area contributed by atoms with Crippen LogP contribution in [0.3, 0.4) is 0 Å². The molecule has 2 rings (SSSR count). The molecule has 1 aliphatic heterocycles. The molecule has 1 fully saturated rings. The monoisotopic (exact) mass is 294 g/mol. The molecule has 20 heavy (non-hydrogen) atoms. The third-order valence-corrected chi connectivity index (χ3v) is 4.65. The largest absolute Gasteiger partial charge is 0.313 e. The van der Waals surface area contributed by atoms with Crippen LogP contribution < -0.4 is 5.32 Å². The Morgan fingerprint density at radius 3 is 2.50 bits per heavy atom. The van der Waals surface area contributed by atoms with E-state index in [1.54, 1.807) is 0 Å². The van der Waals surface area contributed by atoms with E-state index in [2.05, 4.69) is 36.2 Å². The number of piperidine rings is 1. The minimum atomic E-state index is 0.344. The molecule has 3 atom stereocenters. The van der Waals surface area contributed by atoms with E-state index in [-0.39, 0.29) is 0 Å². The van der Waals surface area contributed by atoms with Crippen molar-refractivity contribution in [2.45, 2.75) is 32.7 Å². The van der Waals surface area contributed by atoms with Gasteiger partial charge in [-0.2, -0.15) is 0 Å². The third-order valence-electron chi connectivity index (χ3n) is 4.31. The number of nitrogens with one attached hydrogen (secondary N) is 1. The van der Waals surface area contributed by atoms with Gasteiger partial charge in [-0.3, -0.25) is 0 Å². The molecule has 0 bridgehead atoms. The standard InChI is InChI=1S/C17H27ClN2/c1-13-10-14(2)12-20(11-13)9-8-17(19-3)15-6-4-5-7-16(15)18/h4-7,13-14,17,19H,8-12H2,1-3H3. The summed E-state index contributed by atoms with van der Waals surface area (Å²) in [5.74, 6) is 1.65. The van der Waals surface area contributed by atoms with Gasteiger partial charge in [-0.15, -0.1) is 0 Å². The van der Waals surface area contributed by atoms with E-state index in [4.69, 9.17) is 11.6 Å². The molecule has 3 unspecified atom stereocenters. The summed E-state index contributed by atoms with van der Waals surface area (Å²) in [7, 11) is 2.02. The normalized spacial score (nSPS) is 25.6. The van der Waals surface area contributed by atoms with Crippen molar-refractivity contribution in [3.63, 3.8) is 0 Å². The Hall–Kier alpha value is -0.570. The molecule has 112 valence electrons. The molecular weight excluding hydrogens is 268 g/mol. The van der Waals surface area contributed by atoms with Crippen molar-refractivity contribution in [1.82, 2.24) is 10.2 Å². The number of nitrogens with zero attached hydrogens (tertiary/aromatic N) is 1. The molecule has 0 spiro atoms. The summed E-state index contributed by atoms with van der Waals surface area (Å²) in [5.41, 5.74) is 1.22. The van der Waals surface area contributed by atoms with Crippen molar-refractivity contribution < 1.29 is 0 Å². The molecule has 1 aromatic carbocycles. The number of hydrogen-bond donors (Lipinski definition) is 1. The van der Waals surface area contributed by atoms with E-state index in [1.807, 2.05) is 19.2 Å². The molecule has 1 aromatic rings. The van der Waals surface area contributed by atoms with Crippen molar-refractivity contribution in [2.24, 2.45) is 11.8 Å². The van der Waals surface area contributed by atoms with Crippen LogP contribution in [0.4, 0.5) is 0 Å². The van der Waals surface area contributed by atoms with Gasteiger partial charge in [0, 0.05) is 24.2 Å². The highest BCUT2D eigenvalue weighted by molar-refractivity contribution is 6.31. The predicted octanol–water partition coefficient (Wildman–Crippen LogP) is 3.97. The lowest BCUT2D eigenvalue weighted by molar-refractivity contribution is 0.136. The summed E-state index contributed by atoms with van der Waals surface area (Å²) in [6.07, 6.45) is 2.48. The minimum Gasteiger partial charge on any atom is -0.313 e. The Morgan fingerprint density at radius 2 is 1.90 bits per heavy atom. The molecule has 0 saturated carbocycles. The number of likely N-dealkylation sites (tertiary alicyclic amines) is 1. The highest BCUT2D eigenvalue weighted by atomic mass is 35.5. The molecule has 1 saturated heterocycles. The van der Waals surface area contributed by atoms with Gasteiger partial charge >= 0.3 is 0 Å². The van der Waals surface area contributed by atoms with Crippen LogP contribution in [0.1, 0.15) is 38.3 Å². The fraction of sp³-hybridized carbons (Fsp3) is 0.647. The zero-order valence-corrected chi connectivity index (χ0v) is 13.7. The Kier molecular flexibility index (Phi) is 5.88. The SMILES string of the molecule is CNC(CCN1CC(C)CC(C)C1)c1ccccc1Cl. The zero-order valence-electron chi connectivity index (χ0n) is 12.9. The maximum atomic E-state index is 6.31. The van der Waals surface area contributed by atoms with Crippen molar-refractivity contribution >= 4 is 11.6 Å². The highest BCUT2D eigenvalue weighted by Gasteiger charge is 2.22. The summed E-state index contributed by atoms with van der Waals surface area (Å²) in [4.78, 5) is 2.61. The first kappa shape index (κ1) is 15.8. The number of benzene rings is 1. The smallest absolute Gasteiger partial charge is 0.0453 e. The van der Waals surface area contributed by atoms with Gasteiger partial charge in [0.15, 0.2) is 0 Å². The predicted molar refractivity (Wildman–Crippen MR) is 87.3 cm³/mol. The van der Waals surface area contributed by atoms with Gasteiger partial charge in [0.2, 0.25) is 0 Å². The van der Waals surface area contributed by atoms with E-state index in [0.717, 1.165) is 29.8 Å². The van der Waals surface area contributed by atoms with Crippen LogP contribution in [0.15, 0.2) is 24.3 Å². The van der Waals surface area contributed by atoms with E-state index >= 15 is 0 Å². The van der Waals surface area contributed by atoms with Crippen molar-refractivity contribution in [3.8, 4) is 0 Å². The first-order valence-electron chi connectivity index (χ1n) is 7.74. The topological polar surface area (TPSA) is 15.3 Å². The van der Waals surface area contributed by atoms with Crippen molar-refractivity contribution in [2.75, 3.05) is 26.7 Å². The van der Waals surface area contributed by atoms with Gasteiger partial charge in [-0.25, -0.2) is 0 Å². The summed E-state index contributed by atoms with van der Waals surface area (Å²) < 4.78 is 0. The fourth-order valence-electron chi connectivity index (χ4n) is 3.50. The first-order chi connectivity index (χ1) is 9.60. The molecular formula is C17H27ClN2. The Balaban J connectivity index is 1.93. The van der Waals surface area contributed by atoms with Crippen LogP contribution >= 0.6 is 11.6 Å². The van der Waals surface area contributed by atoms with Gasteiger partial charge in [-0.1, -0.05) is 43.6 Å². The molecule has 1 aliphatic rings. The van der Waals surface area contributed by atoms with Crippen LogP contribution in [0.2, 0.25) is 5.02 Å².